The average molecular weight is 290 g/mol. The highest BCUT2D eigenvalue weighted by molar-refractivity contribution is 9.10. The zero-order chi connectivity index (χ0) is 10.8. The van der Waals surface area contributed by atoms with Crippen LogP contribution >= 0.6 is 27.3 Å². The Morgan fingerprint density at radius 1 is 1.60 bits per heavy atom. The van der Waals surface area contributed by atoms with Crippen LogP contribution in [0, 0.1) is 5.92 Å². The van der Waals surface area contributed by atoms with Crippen LogP contribution in [-0.4, -0.2) is 13.2 Å². The van der Waals surface area contributed by atoms with Crippen molar-refractivity contribution in [3.63, 3.8) is 0 Å². The van der Waals surface area contributed by atoms with Gasteiger partial charge in [-0.05, 0) is 40.8 Å². The van der Waals surface area contributed by atoms with Crippen molar-refractivity contribution in [2.45, 2.75) is 32.4 Å². The molecule has 1 aliphatic rings. The molecule has 0 aliphatic heterocycles. The second-order valence-corrected chi connectivity index (χ2v) is 6.16. The van der Waals surface area contributed by atoms with Gasteiger partial charge in [-0.1, -0.05) is 6.92 Å². The van der Waals surface area contributed by atoms with E-state index in [-0.39, 0.29) is 0 Å². The van der Waals surface area contributed by atoms with Crippen LogP contribution in [0.1, 0.15) is 24.6 Å². The lowest BCUT2D eigenvalue weighted by atomic mass is 9.82. The van der Waals surface area contributed by atoms with Crippen molar-refractivity contribution in [2.75, 3.05) is 7.11 Å². The first-order valence-corrected chi connectivity index (χ1v) is 6.85. The maximum Gasteiger partial charge on any atom is 0.188 e. The molecule has 0 aromatic carbocycles. The van der Waals surface area contributed by atoms with Crippen molar-refractivity contribution in [3.8, 4) is 5.06 Å². The summed E-state index contributed by atoms with van der Waals surface area (Å²) in [7, 11) is 1.71. The Bertz CT molecular complexity index is 333. The molecule has 1 heterocycles. The van der Waals surface area contributed by atoms with Gasteiger partial charge >= 0.3 is 0 Å². The molecule has 0 radical (unpaired) electrons. The molecule has 0 spiro atoms. The maximum atomic E-state index is 5.23. The van der Waals surface area contributed by atoms with Crippen LogP contribution < -0.4 is 10.1 Å². The highest BCUT2D eigenvalue weighted by atomic mass is 79.9. The lowest BCUT2D eigenvalue weighted by Gasteiger charge is -2.33. The molecular formula is C11H16BrNOS. The minimum atomic E-state index is 0.729. The average Bonchev–Trinajstić information content (AvgIpc) is 2.52. The minimum Gasteiger partial charge on any atom is -0.486 e. The fourth-order valence-corrected chi connectivity index (χ4v) is 3.58. The topological polar surface area (TPSA) is 21.3 Å². The van der Waals surface area contributed by atoms with Crippen LogP contribution in [0.2, 0.25) is 0 Å². The van der Waals surface area contributed by atoms with Crippen LogP contribution in [0.5, 0.6) is 5.06 Å². The number of hydrogen-bond acceptors (Lipinski definition) is 3. The lowest BCUT2D eigenvalue weighted by molar-refractivity contribution is 0.241. The van der Waals surface area contributed by atoms with Gasteiger partial charge in [0.15, 0.2) is 5.06 Å². The molecule has 1 saturated carbocycles. The fraction of sp³-hybridized carbons (Fsp3) is 0.636. The van der Waals surface area contributed by atoms with Crippen LogP contribution in [0.4, 0.5) is 0 Å². The first-order chi connectivity index (χ1) is 7.19. The largest absolute Gasteiger partial charge is 0.486 e. The van der Waals surface area contributed by atoms with E-state index in [1.54, 1.807) is 18.4 Å². The van der Waals surface area contributed by atoms with E-state index in [1.807, 2.05) is 0 Å². The van der Waals surface area contributed by atoms with Crippen molar-refractivity contribution in [2.24, 2.45) is 5.92 Å². The molecule has 1 fully saturated rings. The zero-order valence-electron chi connectivity index (χ0n) is 9.05. The monoisotopic (exact) mass is 289 g/mol. The number of rotatable bonds is 4. The van der Waals surface area contributed by atoms with Crippen LogP contribution in [0.25, 0.3) is 0 Å². The summed E-state index contributed by atoms with van der Waals surface area (Å²) in [6.07, 6.45) is 2.65. The quantitative estimate of drug-likeness (QED) is 0.917. The molecule has 0 amide bonds. The standard InChI is InChI=1S/C11H16BrNOS/c1-7-3-8(4-7)13-6-9-5-10(12)11(14-2)15-9/h5,7-8,13H,3-4,6H2,1-2H3. The zero-order valence-corrected chi connectivity index (χ0v) is 11.5. The Morgan fingerprint density at radius 3 is 2.87 bits per heavy atom. The molecule has 1 aromatic rings. The molecule has 0 atom stereocenters. The van der Waals surface area contributed by atoms with E-state index < -0.39 is 0 Å². The van der Waals surface area contributed by atoms with Crippen LogP contribution in [0.15, 0.2) is 10.5 Å². The summed E-state index contributed by atoms with van der Waals surface area (Å²) in [5, 5.41) is 4.53. The predicted octanol–water partition coefficient (Wildman–Crippen LogP) is 3.41. The molecule has 4 heteroatoms. The molecule has 84 valence electrons. The van der Waals surface area contributed by atoms with Gasteiger partial charge in [-0.2, -0.15) is 0 Å². The summed E-state index contributed by atoms with van der Waals surface area (Å²) in [5.74, 6) is 0.909. The molecule has 0 saturated heterocycles. The summed E-state index contributed by atoms with van der Waals surface area (Å²) in [6.45, 7) is 3.27. The van der Waals surface area contributed by atoms with Crippen LogP contribution in [-0.2, 0) is 6.54 Å². The van der Waals surface area contributed by atoms with Crippen LogP contribution in [0.3, 0.4) is 0 Å². The van der Waals surface area contributed by atoms with Gasteiger partial charge in [-0.25, -0.2) is 0 Å². The maximum absolute atomic E-state index is 5.23. The van der Waals surface area contributed by atoms with Gasteiger partial charge in [0.25, 0.3) is 0 Å². The third kappa shape index (κ3) is 2.74. The van der Waals surface area contributed by atoms with E-state index in [0.29, 0.717) is 0 Å². The van der Waals surface area contributed by atoms with Crippen molar-refractivity contribution in [3.05, 3.63) is 15.4 Å². The van der Waals surface area contributed by atoms with E-state index in [9.17, 15) is 0 Å². The number of methoxy groups -OCH3 is 1. The highest BCUT2D eigenvalue weighted by Gasteiger charge is 2.24. The van der Waals surface area contributed by atoms with Crippen molar-refractivity contribution >= 4 is 27.3 Å². The van der Waals surface area contributed by atoms with Gasteiger partial charge in [0.1, 0.15) is 0 Å². The van der Waals surface area contributed by atoms with Gasteiger partial charge in [0.2, 0.25) is 0 Å². The molecule has 15 heavy (non-hydrogen) atoms. The highest BCUT2D eigenvalue weighted by Crippen LogP contribution is 2.35. The van der Waals surface area contributed by atoms with Crippen molar-refractivity contribution in [1.29, 1.82) is 0 Å². The molecule has 2 rings (SSSR count). The summed E-state index contributed by atoms with van der Waals surface area (Å²) in [5.41, 5.74) is 0. The molecule has 1 N–H and O–H groups in total. The number of hydrogen-bond donors (Lipinski definition) is 1. The Kier molecular flexibility index (Phi) is 3.69. The summed E-state index contributed by atoms with van der Waals surface area (Å²) >= 11 is 5.19. The number of thiophene rings is 1. The molecule has 0 bridgehead atoms. The van der Waals surface area contributed by atoms with Crippen molar-refractivity contribution < 1.29 is 4.74 Å². The molecule has 1 aliphatic carbocycles. The third-order valence-corrected chi connectivity index (χ3v) is 4.78. The van der Waals surface area contributed by atoms with E-state index in [1.165, 1.54) is 17.7 Å². The first kappa shape index (κ1) is 11.4. The number of halogens is 1. The van der Waals surface area contributed by atoms with Gasteiger partial charge in [-0.15, -0.1) is 11.3 Å². The minimum absolute atomic E-state index is 0.729. The van der Waals surface area contributed by atoms with Gasteiger partial charge in [-0.3, -0.25) is 0 Å². The Morgan fingerprint density at radius 2 is 2.33 bits per heavy atom. The number of ether oxygens (including phenoxy) is 1. The Hall–Kier alpha value is -0.0600. The molecule has 0 unspecified atom stereocenters. The molecular weight excluding hydrogens is 274 g/mol. The third-order valence-electron chi connectivity index (χ3n) is 2.83. The van der Waals surface area contributed by atoms with E-state index in [4.69, 9.17) is 4.74 Å². The van der Waals surface area contributed by atoms with E-state index in [2.05, 4.69) is 34.2 Å². The number of nitrogens with one attached hydrogen (secondary N) is 1. The second-order valence-electron chi connectivity index (χ2n) is 4.21. The van der Waals surface area contributed by atoms with E-state index in [0.717, 1.165) is 28.0 Å². The summed E-state index contributed by atoms with van der Waals surface area (Å²) in [4.78, 5) is 1.33. The SMILES string of the molecule is COc1sc(CNC2CC(C)C2)cc1Br. The first-order valence-electron chi connectivity index (χ1n) is 5.24. The van der Waals surface area contributed by atoms with Gasteiger partial charge in [0.05, 0.1) is 11.6 Å². The smallest absolute Gasteiger partial charge is 0.188 e. The summed E-state index contributed by atoms with van der Waals surface area (Å²) < 4.78 is 6.30. The molecule has 1 aromatic heterocycles. The fourth-order valence-electron chi connectivity index (χ4n) is 1.94. The Labute approximate surface area is 103 Å². The lowest BCUT2D eigenvalue weighted by Crippen LogP contribution is -2.39. The Balaban J connectivity index is 1.83. The van der Waals surface area contributed by atoms with Gasteiger partial charge in [0, 0.05) is 17.5 Å². The van der Waals surface area contributed by atoms with Crippen molar-refractivity contribution in [1.82, 2.24) is 5.32 Å². The summed E-state index contributed by atoms with van der Waals surface area (Å²) in [6, 6.07) is 2.87. The molecule has 2 nitrogen and oxygen atoms in total. The predicted molar refractivity (Wildman–Crippen MR) is 67.6 cm³/mol. The van der Waals surface area contributed by atoms with E-state index >= 15 is 0 Å². The normalized spacial score (nSPS) is 25.0. The van der Waals surface area contributed by atoms with Gasteiger partial charge < -0.3 is 10.1 Å². The second kappa shape index (κ2) is 4.85.